The monoisotopic (exact) mass is 470 g/mol. The molecule has 0 radical (unpaired) electrons. The molecule has 0 saturated carbocycles. The lowest BCUT2D eigenvalue weighted by Gasteiger charge is -2.16. The molecule has 5 heteroatoms. The van der Waals surface area contributed by atoms with E-state index in [2.05, 4.69) is 23.5 Å². The molecule has 5 N–H and O–H groups in total. The average Bonchev–Trinajstić information content (AvgIpc) is 3.24. The van der Waals surface area contributed by atoms with E-state index in [4.69, 9.17) is 10.8 Å². The summed E-state index contributed by atoms with van der Waals surface area (Å²) in [7, 11) is 1.86. The summed E-state index contributed by atoms with van der Waals surface area (Å²) in [6.07, 6.45) is 20.0. The molecule has 0 saturated heterocycles. The third-order valence-electron chi connectivity index (χ3n) is 6.95. The first-order valence-electron chi connectivity index (χ1n) is 13.2. The van der Waals surface area contributed by atoms with Crippen LogP contribution in [0, 0.1) is 17.8 Å². The molecule has 190 valence electrons. The number of phenols is 1. The van der Waals surface area contributed by atoms with E-state index in [1.54, 1.807) is 17.7 Å². The van der Waals surface area contributed by atoms with Crippen LogP contribution in [0.1, 0.15) is 76.2 Å². The fourth-order valence-electron chi connectivity index (χ4n) is 5.11. The SMILES string of the molecule is CNC[C@H](C=CC[C@H](CCCCCC[C@H]1C=C(CCN)CC1)Cc1ccc(O)cc1)CC(=O)O. The van der Waals surface area contributed by atoms with Gasteiger partial charge < -0.3 is 21.3 Å². The smallest absolute Gasteiger partial charge is 0.303 e. The van der Waals surface area contributed by atoms with Crippen LogP contribution in [0.25, 0.3) is 0 Å². The maximum atomic E-state index is 11.1. The van der Waals surface area contributed by atoms with Gasteiger partial charge in [-0.3, -0.25) is 4.79 Å². The second kappa shape index (κ2) is 16.5. The maximum absolute atomic E-state index is 11.1. The number of allylic oxidation sites excluding steroid dienone is 2. The summed E-state index contributed by atoms with van der Waals surface area (Å²) in [6.45, 7) is 1.45. The Morgan fingerprint density at radius 3 is 2.68 bits per heavy atom. The minimum Gasteiger partial charge on any atom is -0.508 e. The summed E-state index contributed by atoms with van der Waals surface area (Å²) in [5, 5.41) is 21.8. The molecule has 5 nitrogen and oxygen atoms in total. The molecule has 0 aliphatic heterocycles. The van der Waals surface area contributed by atoms with Crippen molar-refractivity contribution in [3.63, 3.8) is 0 Å². The Kier molecular flexibility index (Phi) is 13.7. The van der Waals surface area contributed by atoms with E-state index in [-0.39, 0.29) is 12.3 Å². The normalized spacial score (nSPS) is 17.7. The van der Waals surface area contributed by atoms with Gasteiger partial charge in [-0.15, -0.1) is 0 Å². The molecule has 1 aromatic carbocycles. The highest BCUT2D eigenvalue weighted by atomic mass is 16.4. The number of aliphatic carboxylic acids is 1. The van der Waals surface area contributed by atoms with Gasteiger partial charge in [0, 0.05) is 6.54 Å². The van der Waals surface area contributed by atoms with Gasteiger partial charge in [-0.1, -0.05) is 61.6 Å². The second-order valence-electron chi connectivity index (χ2n) is 9.97. The van der Waals surface area contributed by atoms with E-state index >= 15 is 0 Å². The summed E-state index contributed by atoms with van der Waals surface area (Å²) >= 11 is 0. The highest BCUT2D eigenvalue weighted by molar-refractivity contribution is 5.67. The van der Waals surface area contributed by atoms with Crippen LogP contribution in [0.4, 0.5) is 0 Å². The zero-order valence-corrected chi connectivity index (χ0v) is 21.1. The molecule has 0 fully saturated rings. The summed E-state index contributed by atoms with van der Waals surface area (Å²) in [4.78, 5) is 11.1. The third-order valence-corrected chi connectivity index (χ3v) is 6.95. The first kappa shape index (κ1) is 28.1. The molecule has 0 heterocycles. The number of carbonyl (C=O) groups is 1. The number of nitrogens with one attached hydrogen (secondary N) is 1. The highest BCUT2D eigenvalue weighted by Crippen LogP contribution is 2.30. The van der Waals surface area contributed by atoms with Gasteiger partial charge in [0.25, 0.3) is 0 Å². The number of carboxylic acids is 1. The first-order valence-corrected chi connectivity index (χ1v) is 13.2. The van der Waals surface area contributed by atoms with Crippen molar-refractivity contribution in [2.24, 2.45) is 23.5 Å². The quantitative estimate of drug-likeness (QED) is 0.160. The number of hydrogen-bond donors (Lipinski definition) is 4. The van der Waals surface area contributed by atoms with Crippen LogP contribution in [0.3, 0.4) is 0 Å². The van der Waals surface area contributed by atoms with Crippen LogP contribution in [-0.2, 0) is 11.2 Å². The Hall–Kier alpha value is -2.11. The maximum Gasteiger partial charge on any atom is 0.303 e. The van der Waals surface area contributed by atoms with Crippen LogP contribution in [-0.4, -0.2) is 36.3 Å². The highest BCUT2D eigenvalue weighted by Gasteiger charge is 2.15. The lowest BCUT2D eigenvalue weighted by atomic mass is 9.89. The third kappa shape index (κ3) is 11.8. The molecule has 34 heavy (non-hydrogen) atoms. The lowest BCUT2D eigenvalue weighted by Crippen LogP contribution is -2.19. The van der Waals surface area contributed by atoms with E-state index in [1.807, 2.05) is 19.2 Å². The lowest BCUT2D eigenvalue weighted by molar-refractivity contribution is -0.137. The molecular formula is C29H46N2O3. The van der Waals surface area contributed by atoms with Crippen molar-refractivity contribution in [2.75, 3.05) is 20.1 Å². The largest absolute Gasteiger partial charge is 0.508 e. The molecule has 1 aromatic rings. The summed E-state index contributed by atoms with van der Waals surface area (Å²) in [5.41, 5.74) is 8.50. The van der Waals surface area contributed by atoms with Crippen molar-refractivity contribution in [3.8, 4) is 5.75 Å². The van der Waals surface area contributed by atoms with Crippen molar-refractivity contribution < 1.29 is 15.0 Å². The van der Waals surface area contributed by atoms with Crippen molar-refractivity contribution in [1.29, 1.82) is 0 Å². The Morgan fingerprint density at radius 2 is 1.97 bits per heavy atom. The van der Waals surface area contributed by atoms with Crippen molar-refractivity contribution in [3.05, 3.63) is 53.6 Å². The molecule has 0 unspecified atom stereocenters. The van der Waals surface area contributed by atoms with Gasteiger partial charge in [-0.25, -0.2) is 0 Å². The average molecular weight is 471 g/mol. The van der Waals surface area contributed by atoms with Crippen LogP contribution in [0.2, 0.25) is 0 Å². The Morgan fingerprint density at radius 1 is 1.21 bits per heavy atom. The van der Waals surface area contributed by atoms with E-state index in [1.165, 1.54) is 56.9 Å². The number of unbranched alkanes of at least 4 members (excludes halogenated alkanes) is 3. The van der Waals surface area contributed by atoms with Crippen LogP contribution >= 0.6 is 0 Å². The van der Waals surface area contributed by atoms with Crippen LogP contribution < -0.4 is 11.1 Å². The van der Waals surface area contributed by atoms with Gasteiger partial charge in [0.2, 0.25) is 0 Å². The number of rotatable bonds is 18. The molecule has 2 rings (SSSR count). The molecule has 1 aliphatic rings. The Labute approximate surface area is 206 Å². The number of nitrogens with two attached hydrogens (primary N) is 1. The van der Waals surface area contributed by atoms with Crippen LogP contribution in [0.5, 0.6) is 5.75 Å². The fraction of sp³-hybridized carbons (Fsp3) is 0.621. The summed E-state index contributed by atoms with van der Waals surface area (Å²) < 4.78 is 0. The number of aromatic hydroxyl groups is 1. The Balaban J connectivity index is 1.78. The van der Waals surface area contributed by atoms with E-state index in [0.29, 0.717) is 18.2 Å². The van der Waals surface area contributed by atoms with Gasteiger partial charge in [0.05, 0.1) is 6.42 Å². The van der Waals surface area contributed by atoms with E-state index in [9.17, 15) is 9.90 Å². The fourth-order valence-corrected chi connectivity index (χ4v) is 5.11. The van der Waals surface area contributed by atoms with Gasteiger partial charge in [-0.2, -0.15) is 0 Å². The summed E-state index contributed by atoms with van der Waals surface area (Å²) in [6, 6.07) is 7.53. The molecule has 0 spiro atoms. The second-order valence-corrected chi connectivity index (χ2v) is 9.97. The Bertz CT molecular complexity index is 757. The molecule has 0 amide bonds. The molecule has 0 aromatic heterocycles. The van der Waals surface area contributed by atoms with Gasteiger partial charge in [0.1, 0.15) is 5.75 Å². The molecule has 1 aliphatic carbocycles. The topological polar surface area (TPSA) is 95.6 Å². The molecule has 0 bridgehead atoms. The summed E-state index contributed by atoms with van der Waals surface area (Å²) in [5.74, 6) is 0.861. The molecular weight excluding hydrogens is 424 g/mol. The van der Waals surface area contributed by atoms with E-state index in [0.717, 1.165) is 31.7 Å². The minimum absolute atomic E-state index is 0.0202. The van der Waals surface area contributed by atoms with Gasteiger partial charge in [-0.05, 0) is 94.0 Å². The zero-order chi connectivity index (χ0) is 24.6. The van der Waals surface area contributed by atoms with Crippen molar-refractivity contribution >= 4 is 5.97 Å². The van der Waals surface area contributed by atoms with Crippen molar-refractivity contribution in [1.82, 2.24) is 5.32 Å². The number of hydrogen-bond acceptors (Lipinski definition) is 4. The minimum atomic E-state index is -0.755. The zero-order valence-electron chi connectivity index (χ0n) is 21.1. The van der Waals surface area contributed by atoms with Gasteiger partial charge >= 0.3 is 5.97 Å². The van der Waals surface area contributed by atoms with E-state index < -0.39 is 5.97 Å². The predicted molar refractivity (Wildman–Crippen MR) is 141 cm³/mol. The number of carboxylic acid groups (broad SMARTS) is 1. The standard InChI is InChI=1S/C29H46N2O3/c1-31-22-27(21-29(33)34)10-6-9-23(19-25-13-15-28(32)16-14-25)7-4-2-3-5-8-24-11-12-26(20-24)17-18-30/h6,10,13-16,20,23-24,27,31-32H,2-5,7-9,11-12,17-19,21-22,30H2,1H3,(H,33,34)/t23-,24+,27+/m0/s1. The predicted octanol–water partition coefficient (Wildman–Crippen LogP) is 5.83. The molecule has 3 atom stereocenters. The van der Waals surface area contributed by atoms with Gasteiger partial charge in [0.15, 0.2) is 0 Å². The van der Waals surface area contributed by atoms with Crippen LogP contribution in [0.15, 0.2) is 48.1 Å². The first-order chi connectivity index (χ1) is 16.5. The number of phenolic OH excluding ortho intramolecular Hbond substituents is 1. The van der Waals surface area contributed by atoms with Crippen molar-refractivity contribution in [2.45, 2.75) is 77.0 Å². The number of benzene rings is 1.